The zero-order chi connectivity index (χ0) is 15.1. The van der Waals surface area contributed by atoms with E-state index in [0.717, 1.165) is 23.3 Å². The maximum atomic E-state index is 12.2. The van der Waals surface area contributed by atoms with Crippen LogP contribution in [0.15, 0.2) is 36.4 Å². The topological polar surface area (TPSA) is 57.7 Å². The summed E-state index contributed by atoms with van der Waals surface area (Å²) in [5, 5.41) is 0. The van der Waals surface area contributed by atoms with Crippen LogP contribution < -0.4 is 0 Å². The van der Waals surface area contributed by atoms with E-state index in [9.17, 15) is 14.4 Å². The van der Waals surface area contributed by atoms with E-state index in [1.807, 2.05) is 30.3 Å². The monoisotopic (exact) mass is 285 g/mol. The minimum absolute atomic E-state index is 0.340. The van der Waals surface area contributed by atoms with Gasteiger partial charge in [-0.25, -0.2) is 4.79 Å². The second-order valence-electron chi connectivity index (χ2n) is 4.79. The van der Waals surface area contributed by atoms with Crippen molar-refractivity contribution in [2.24, 2.45) is 0 Å². The molecule has 0 saturated carbocycles. The van der Waals surface area contributed by atoms with Gasteiger partial charge in [0.05, 0.1) is 6.54 Å². The Bertz CT molecular complexity index is 534. The SMILES string of the molecule is O=[C]CN(C(=O)/C=C/c1ccccc1)C(=O)N1CCCC1. The van der Waals surface area contributed by atoms with Gasteiger partial charge in [0.25, 0.3) is 5.91 Å². The minimum atomic E-state index is -0.501. The quantitative estimate of drug-likeness (QED) is 0.793. The lowest BCUT2D eigenvalue weighted by Crippen LogP contribution is -2.45. The van der Waals surface area contributed by atoms with Crippen LogP contribution in [0.5, 0.6) is 0 Å². The normalized spacial score (nSPS) is 14.4. The number of benzene rings is 1. The number of carbonyl (C=O) groups excluding carboxylic acids is 3. The summed E-state index contributed by atoms with van der Waals surface area (Å²) in [5.74, 6) is -0.501. The molecular weight excluding hydrogens is 268 g/mol. The molecule has 5 heteroatoms. The second kappa shape index (κ2) is 7.38. The van der Waals surface area contributed by atoms with Gasteiger partial charge in [0.2, 0.25) is 6.29 Å². The number of rotatable bonds is 4. The third-order valence-electron chi connectivity index (χ3n) is 3.31. The fourth-order valence-electron chi connectivity index (χ4n) is 2.21. The molecule has 0 spiro atoms. The Balaban J connectivity index is 2.06. The van der Waals surface area contributed by atoms with E-state index in [0.29, 0.717) is 13.1 Å². The first-order chi connectivity index (χ1) is 10.2. The molecule has 3 amide bonds. The van der Waals surface area contributed by atoms with Gasteiger partial charge in [-0.1, -0.05) is 30.3 Å². The number of hydrogen-bond donors (Lipinski definition) is 0. The molecule has 1 aromatic rings. The van der Waals surface area contributed by atoms with E-state index < -0.39 is 11.9 Å². The third kappa shape index (κ3) is 4.02. The summed E-state index contributed by atoms with van der Waals surface area (Å²) in [7, 11) is 0. The van der Waals surface area contributed by atoms with Crippen molar-refractivity contribution in [3.8, 4) is 0 Å². The molecule has 1 heterocycles. The molecule has 21 heavy (non-hydrogen) atoms. The van der Waals surface area contributed by atoms with Crippen LogP contribution in [0.2, 0.25) is 0 Å². The van der Waals surface area contributed by atoms with Crippen molar-refractivity contribution in [2.75, 3.05) is 19.6 Å². The number of carbonyl (C=O) groups is 2. The molecule has 0 atom stereocenters. The molecule has 0 bridgehead atoms. The molecule has 1 aromatic carbocycles. The molecule has 2 rings (SSSR count). The van der Waals surface area contributed by atoms with Crippen molar-refractivity contribution in [1.82, 2.24) is 9.80 Å². The number of likely N-dealkylation sites (tertiary alicyclic amines) is 1. The lowest BCUT2D eigenvalue weighted by molar-refractivity contribution is -0.123. The van der Waals surface area contributed by atoms with Crippen LogP contribution in [0.1, 0.15) is 18.4 Å². The van der Waals surface area contributed by atoms with E-state index >= 15 is 0 Å². The number of hydrogen-bond acceptors (Lipinski definition) is 3. The smallest absolute Gasteiger partial charge is 0.324 e. The van der Waals surface area contributed by atoms with Crippen LogP contribution >= 0.6 is 0 Å². The van der Waals surface area contributed by atoms with E-state index in [4.69, 9.17) is 0 Å². The molecule has 5 nitrogen and oxygen atoms in total. The highest BCUT2D eigenvalue weighted by Crippen LogP contribution is 2.11. The van der Waals surface area contributed by atoms with Crippen LogP contribution in [0.3, 0.4) is 0 Å². The molecule has 0 unspecified atom stereocenters. The highest BCUT2D eigenvalue weighted by molar-refractivity contribution is 6.03. The van der Waals surface area contributed by atoms with E-state index in [2.05, 4.69) is 0 Å². The predicted molar refractivity (Wildman–Crippen MR) is 79.1 cm³/mol. The molecule has 1 saturated heterocycles. The first-order valence-corrected chi connectivity index (χ1v) is 6.91. The van der Waals surface area contributed by atoms with Gasteiger partial charge in [-0.2, -0.15) is 0 Å². The lowest BCUT2D eigenvalue weighted by Gasteiger charge is -2.23. The van der Waals surface area contributed by atoms with Crippen molar-refractivity contribution in [1.29, 1.82) is 0 Å². The summed E-state index contributed by atoms with van der Waals surface area (Å²) in [6.45, 7) is 0.918. The van der Waals surface area contributed by atoms with Crippen LogP contribution in [0, 0.1) is 0 Å². The van der Waals surface area contributed by atoms with Gasteiger partial charge in [-0.05, 0) is 24.5 Å². The van der Waals surface area contributed by atoms with Gasteiger partial charge in [-0.15, -0.1) is 0 Å². The van der Waals surface area contributed by atoms with Crippen LogP contribution in [0.25, 0.3) is 6.08 Å². The Morgan fingerprint density at radius 2 is 1.86 bits per heavy atom. The molecule has 109 valence electrons. The lowest BCUT2D eigenvalue weighted by atomic mass is 10.2. The summed E-state index contributed by atoms with van der Waals surface area (Å²) in [6, 6.07) is 8.87. The van der Waals surface area contributed by atoms with Crippen LogP contribution in [-0.4, -0.2) is 47.7 Å². The number of amides is 3. The predicted octanol–water partition coefficient (Wildman–Crippen LogP) is 1.85. The molecule has 0 N–H and O–H groups in total. The zero-order valence-electron chi connectivity index (χ0n) is 11.7. The number of imide groups is 1. The van der Waals surface area contributed by atoms with Crippen molar-refractivity contribution in [2.45, 2.75) is 12.8 Å². The number of urea groups is 1. The summed E-state index contributed by atoms with van der Waals surface area (Å²) in [5.41, 5.74) is 0.856. The maximum absolute atomic E-state index is 12.2. The molecule has 0 aliphatic carbocycles. The van der Waals surface area contributed by atoms with Crippen LogP contribution in [-0.2, 0) is 9.59 Å². The third-order valence-corrected chi connectivity index (χ3v) is 3.31. The largest absolute Gasteiger partial charge is 0.327 e. The van der Waals surface area contributed by atoms with Gasteiger partial charge in [-0.3, -0.25) is 14.5 Å². The standard InChI is InChI=1S/C16H17N2O3/c19-13-12-18(16(21)17-10-4-5-11-17)15(20)9-8-14-6-2-1-3-7-14/h1-3,6-9H,4-5,10-12H2/b9-8+. The van der Waals surface area contributed by atoms with Crippen molar-refractivity contribution < 1.29 is 14.4 Å². The Morgan fingerprint density at radius 3 is 2.48 bits per heavy atom. The minimum Gasteiger partial charge on any atom is -0.324 e. The first-order valence-electron chi connectivity index (χ1n) is 6.91. The van der Waals surface area contributed by atoms with E-state index in [1.54, 1.807) is 17.3 Å². The van der Waals surface area contributed by atoms with Crippen LogP contribution in [0.4, 0.5) is 4.79 Å². The summed E-state index contributed by atoms with van der Waals surface area (Å²) >= 11 is 0. The molecule has 1 fully saturated rings. The van der Waals surface area contributed by atoms with Gasteiger partial charge in [0.15, 0.2) is 0 Å². The maximum Gasteiger partial charge on any atom is 0.327 e. The van der Waals surface area contributed by atoms with Gasteiger partial charge < -0.3 is 4.90 Å². The van der Waals surface area contributed by atoms with Gasteiger partial charge >= 0.3 is 6.03 Å². The first kappa shape index (κ1) is 15.0. The van der Waals surface area contributed by atoms with Crippen molar-refractivity contribution in [3.05, 3.63) is 42.0 Å². The van der Waals surface area contributed by atoms with E-state index in [-0.39, 0.29) is 6.54 Å². The van der Waals surface area contributed by atoms with Crippen molar-refractivity contribution in [3.63, 3.8) is 0 Å². The van der Waals surface area contributed by atoms with Crippen molar-refractivity contribution >= 4 is 24.3 Å². The molecule has 1 radical (unpaired) electrons. The second-order valence-corrected chi connectivity index (χ2v) is 4.79. The fourth-order valence-corrected chi connectivity index (χ4v) is 2.21. The summed E-state index contributed by atoms with van der Waals surface area (Å²) < 4.78 is 0. The zero-order valence-corrected chi connectivity index (χ0v) is 11.7. The molecule has 1 aliphatic rings. The van der Waals surface area contributed by atoms with Gasteiger partial charge in [0, 0.05) is 19.2 Å². The Kier molecular flexibility index (Phi) is 5.26. The average molecular weight is 285 g/mol. The van der Waals surface area contributed by atoms with E-state index in [1.165, 1.54) is 6.08 Å². The Morgan fingerprint density at radius 1 is 1.19 bits per heavy atom. The molecular formula is C16H17N2O3. The number of nitrogens with zero attached hydrogens (tertiary/aromatic N) is 2. The molecule has 0 aromatic heterocycles. The summed E-state index contributed by atoms with van der Waals surface area (Å²) in [4.78, 5) is 37.4. The fraction of sp³-hybridized carbons (Fsp3) is 0.312. The Labute approximate surface area is 123 Å². The molecule has 1 aliphatic heterocycles. The highest BCUT2D eigenvalue weighted by Gasteiger charge is 2.26. The Hall–Kier alpha value is -2.43. The highest BCUT2D eigenvalue weighted by atomic mass is 16.2. The average Bonchev–Trinajstić information content (AvgIpc) is 3.05. The summed E-state index contributed by atoms with van der Waals surface area (Å²) in [6.07, 6.45) is 6.41. The van der Waals surface area contributed by atoms with Gasteiger partial charge in [0.1, 0.15) is 0 Å².